The van der Waals surface area contributed by atoms with Crippen molar-refractivity contribution in [2.24, 2.45) is 5.92 Å². The summed E-state index contributed by atoms with van der Waals surface area (Å²) < 4.78 is 1.94. The van der Waals surface area contributed by atoms with Crippen LogP contribution in [0.25, 0.3) is 10.3 Å². The minimum atomic E-state index is -0.174. The van der Waals surface area contributed by atoms with Crippen molar-refractivity contribution < 1.29 is 4.79 Å². The van der Waals surface area contributed by atoms with E-state index in [-0.39, 0.29) is 24.1 Å². The molecule has 1 N–H and O–H groups in total. The average Bonchev–Trinajstić information content (AvgIpc) is 3.10. The maximum Gasteiger partial charge on any atom is 0.273 e. The number of nitrogens with one attached hydrogen (secondary N) is 1. The number of aromatic nitrogens is 3. The van der Waals surface area contributed by atoms with Crippen molar-refractivity contribution in [2.75, 3.05) is 18.0 Å². The first-order valence-electron chi connectivity index (χ1n) is 10.0. The van der Waals surface area contributed by atoms with Crippen molar-refractivity contribution >= 4 is 32.7 Å². The molecule has 1 atom stereocenters. The van der Waals surface area contributed by atoms with E-state index in [0.717, 1.165) is 50.3 Å². The third-order valence-corrected chi connectivity index (χ3v) is 6.68. The molecule has 3 heterocycles. The molecule has 7 nitrogen and oxygen atoms in total. The Morgan fingerprint density at radius 2 is 2.07 bits per heavy atom. The minimum Gasteiger partial charge on any atom is -0.352 e. The summed E-state index contributed by atoms with van der Waals surface area (Å²) >= 11 is 1.40. The highest BCUT2D eigenvalue weighted by atomic mass is 32.1. The van der Waals surface area contributed by atoms with E-state index in [0.29, 0.717) is 16.3 Å². The Morgan fingerprint density at radius 1 is 1.26 bits per heavy atom. The monoisotopic (exact) mass is 389 g/mol. The molecule has 4 rings (SSSR count). The third kappa shape index (κ3) is 4.15. The summed E-state index contributed by atoms with van der Waals surface area (Å²) in [5.41, 5.74) is 0.315. The highest BCUT2D eigenvalue weighted by Crippen LogP contribution is 2.29. The van der Waals surface area contributed by atoms with E-state index in [1.165, 1.54) is 35.1 Å². The van der Waals surface area contributed by atoms with E-state index >= 15 is 0 Å². The third-order valence-electron chi connectivity index (χ3n) is 5.58. The molecule has 0 bridgehead atoms. The molecule has 146 valence electrons. The Labute approximate surface area is 162 Å². The van der Waals surface area contributed by atoms with Crippen molar-refractivity contribution in [3.8, 4) is 0 Å². The van der Waals surface area contributed by atoms with Crippen molar-refractivity contribution in [1.82, 2.24) is 19.9 Å². The summed E-state index contributed by atoms with van der Waals surface area (Å²) in [5, 5.41) is 3.92. The number of anilines is 1. The Hall–Kier alpha value is -1.96. The van der Waals surface area contributed by atoms with Gasteiger partial charge in [-0.3, -0.25) is 14.2 Å². The molecular weight excluding hydrogens is 362 g/mol. The van der Waals surface area contributed by atoms with Gasteiger partial charge in [-0.05, 0) is 31.6 Å². The zero-order valence-corrected chi connectivity index (χ0v) is 16.6. The highest BCUT2D eigenvalue weighted by Gasteiger charge is 2.22. The van der Waals surface area contributed by atoms with Crippen LogP contribution in [-0.4, -0.2) is 39.6 Å². The molecule has 2 aliphatic rings. The SMILES string of the molecule is C[C@@H]1CCCN(c2nc3ncn(CC(=O)NC4CCCCC4)c(=O)c3s2)C1. The number of piperidine rings is 1. The van der Waals surface area contributed by atoms with Crippen LogP contribution < -0.4 is 15.8 Å². The lowest BCUT2D eigenvalue weighted by atomic mass is 9.95. The van der Waals surface area contributed by atoms with Gasteiger partial charge in [-0.15, -0.1) is 0 Å². The van der Waals surface area contributed by atoms with Crippen LogP contribution in [0.2, 0.25) is 0 Å². The van der Waals surface area contributed by atoms with Gasteiger partial charge in [0.05, 0.1) is 0 Å². The Balaban J connectivity index is 1.49. The lowest BCUT2D eigenvalue weighted by Crippen LogP contribution is -2.39. The molecule has 0 aromatic carbocycles. The fraction of sp³-hybridized carbons (Fsp3) is 0.684. The van der Waals surface area contributed by atoms with Crippen molar-refractivity contribution in [1.29, 1.82) is 0 Å². The summed E-state index contributed by atoms with van der Waals surface area (Å²) in [6, 6.07) is 0.245. The van der Waals surface area contributed by atoms with Gasteiger partial charge in [-0.2, -0.15) is 4.98 Å². The molecule has 0 unspecified atom stereocenters. The predicted molar refractivity (Wildman–Crippen MR) is 107 cm³/mol. The first kappa shape index (κ1) is 18.4. The smallest absolute Gasteiger partial charge is 0.273 e. The fourth-order valence-electron chi connectivity index (χ4n) is 4.12. The first-order valence-corrected chi connectivity index (χ1v) is 10.8. The van der Waals surface area contributed by atoms with Crippen LogP contribution in [0.15, 0.2) is 11.1 Å². The normalized spacial score (nSPS) is 21.5. The zero-order valence-electron chi connectivity index (χ0n) is 15.8. The van der Waals surface area contributed by atoms with E-state index < -0.39 is 0 Å². The quantitative estimate of drug-likeness (QED) is 0.869. The number of hydrogen-bond acceptors (Lipinski definition) is 6. The highest BCUT2D eigenvalue weighted by molar-refractivity contribution is 7.22. The maximum absolute atomic E-state index is 12.8. The molecule has 2 aromatic rings. The molecule has 1 aliphatic heterocycles. The van der Waals surface area contributed by atoms with Gasteiger partial charge in [0.15, 0.2) is 10.8 Å². The van der Waals surface area contributed by atoms with E-state index in [1.54, 1.807) is 0 Å². The minimum absolute atomic E-state index is 0.0201. The molecular formula is C19H27N5O2S. The molecule has 2 aromatic heterocycles. The van der Waals surface area contributed by atoms with Gasteiger partial charge in [-0.25, -0.2) is 4.98 Å². The van der Waals surface area contributed by atoms with E-state index in [2.05, 4.69) is 27.1 Å². The van der Waals surface area contributed by atoms with Gasteiger partial charge in [0.2, 0.25) is 5.91 Å². The van der Waals surface area contributed by atoms with Crippen LogP contribution in [0.3, 0.4) is 0 Å². The number of rotatable bonds is 4. The van der Waals surface area contributed by atoms with E-state index in [1.807, 2.05) is 0 Å². The molecule has 0 spiro atoms. The molecule has 1 saturated carbocycles. The van der Waals surface area contributed by atoms with Gasteiger partial charge >= 0.3 is 0 Å². The summed E-state index contributed by atoms with van der Waals surface area (Å²) in [5.74, 6) is 0.526. The lowest BCUT2D eigenvalue weighted by molar-refractivity contribution is -0.122. The second-order valence-corrected chi connectivity index (χ2v) is 8.90. The molecule has 8 heteroatoms. The van der Waals surface area contributed by atoms with Gasteiger partial charge in [-0.1, -0.05) is 37.5 Å². The number of carbonyl (C=O) groups is 1. The molecule has 1 amide bonds. The van der Waals surface area contributed by atoms with Crippen LogP contribution in [0, 0.1) is 5.92 Å². The summed E-state index contributed by atoms with van der Waals surface area (Å²) in [6.07, 6.45) is 9.48. The standard InChI is InChI=1S/C19H27N5O2S/c1-13-6-5-9-23(10-13)19-22-17-16(27-19)18(26)24(12-20-17)11-15(25)21-14-7-3-2-4-8-14/h12-14H,2-11H2,1H3,(H,21,25)/t13-/m1/s1. The largest absolute Gasteiger partial charge is 0.352 e. The van der Waals surface area contributed by atoms with Gasteiger partial charge in [0.1, 0.15) is 17.6 Å². The second-order valence-electron chi connectivity index (χ2n) is 7.92. The molecule has 27 heavy (non-hydrogen) atoms. The van der Waals surface area contributed by atoms with Crippen LogP contribution in [0.4, 0.5) is 5.13 Å². The number of fused-ring (bicyclic) bond motifs is 1. The van der Waals surface area contributed by atoms with Crippen molar-refractivity contribution in [2.45, 2.75) is 64.5 Å². The summed E-state index contributed by atoms with van der Waals surface area (Å²) in [4.78, 5) is 36.3. The first-order chi connectivity index (χ1) is 13.1. The van der Waals surface area contributed by atoms with Gasteiger partial charge < -0.3 is 10.2 Å². The summed E-state index contributed by atoms with van der Waals surface area (Å²) in [6.45, 7) is 4.21. The number of carbonyl (C=O) groups excluding carboxylic acids is 1. The Morgan fingerprint density at radius 3 is 2.85 bits per heavy atom. The van der Waals surface area contributed by atoms with E-state index in [9.17, 15) is 9.59 Å². The van der Waals surface area contributed by atoms with Crippen molar-refractivity contribution in [3.05, 3.63) is 16.7 Å². The van der Waals surface area contributed by atoms with E-state index in [4.69, 9.17) is 0 Å². The summed E-state index contributed by atoms with van der Waals surface area (Å²) in [7, 11) is 0. The van der Waals surface area contributed by atoms with Crippen LogP contribution >= 0.6 is 11.3 Å². The average molecular weight is 390 g/mol. The van der Waals surface area contributed by atoms with Gasteiger partial charge in [0, 0.05) is 19.1 Å². The predicted octanol–water partition coefficient (Wildman–Crippen LogP) is 2.54. The number of amides is 1. The molecule has 0 radical (unpaired) electrons. The number of nitrogens with zero attached hydrogens (tertiary/aromatic N) is 4. The maximum atomic E-state index is 12.8. The number of hydrogen-bond donors (Lipinski definition) is 1. The second kappa shape index (κ2) is 7.96. The number of thiazole rings is 1. The molecule has 2 fully saturated rings. The zero-order chi connectivity index (χ0) is 18.8. The van der Waals surface area contributed by atoms with Crippen LogP contribution in [0.1, 0.15) is 51.9 Å². The van der Waals surface area contributed by atoms with Gasteiger partial charge in [0.25, 0.3) is 5.56 Å². The fourth-order valence-corrected chi connectivity index (χ4v) is 5.12. The molecule has 1 aliphatic carbocycles. The van der Waals surface area contributed by atoms with Crippen LogP contribution in [-0.2, 0) is 11.3 Å². The topological polar surface area (TPSA) is 80.1 Å². The van der Waals surface area contributed by atoms with Crippen molar-refractivity contribution in [3.63, 3.8) is 0 Å². The Bertz CT molecular complexity index is 871. The lowest BCUT2D eigenvalue weighted by Gasteiger charge is -2.30. The molecule has 1 saturated heterocycles. The van der Waals surface area contributed by atoms with Crippen LogP contribution in [0.5, 0.6) is 0 Å². The Kier molecular flexibility index (Phi) is 5.43.